The second-order valence-electron chi connectivity index (χ2n) is 3.85. The fourth-order valence-electron chi connectivity index (χ4n) is 1.60. The second kappa shape index (κ2) is 4.36. The lowest BCUT2D eigenvalue weighted by atomic mass is 10.1. The van der Waals surface area contributed by atoms with Gasteiger partial charge in [-0.3, -0.25) is 24.4 Å². The van der Waals surface area contributed by atoms with Gasteiger partial charge in [-0.05, 0) is 12.5 Å². The van der Waals surface area contributed by atoms with Crippen LogP contribution in [0.1, 0.15) is 23.3 Å². The minimum Gasteiger partial charge on any atom is -0.339 e. The first-order valence-corrected chi connectivity index (χ1v) is 5.20. The fraction of sp³-hybridized carbons (Fsp3) is 0.400. The van der Waals surface area contributed by atoms with Crippen LogP contribution in [0, 0.1) is 0 Å². The Morgan fingerprint density at radius 3 is 2.94 bits per heavy atom. The van der Waals surface area contributed by atoms with Crippen molar-refractivity contribution in [2.75, 3.05) is 0 Å². The van der Waals surface area contributed by atoms with Gasteiger partial charge in [-0.15, -0.1) is 0 Å². The summed E-state index contributed by atoms with van der Waals surface area (Å²) >= 11 is 0. The summed E-state index contributed by atoms with van der Waals surface area (Å²) < 4.78 is 1.50. The van der Waals surface area contributed by atoms with Gasteiger partial charge in [-0.1, -0.05) is 0 Å². The van der Waals surface area contributed by atoms with Crippen molar-refractivity contribution in [1.82, 2.24) is 20.4 Å². The number of imide groups is 1. The van der Waals surface area contributed by atoms with Crippen LogP contribution in [0.2, 0.25) is 0 Å². The van der Waals surface area contributed by atoms with E-state index in [0.29, 0.717) is 6.42 Å². The number of carbonyl (C=O) groups excluding carboxylic acids is 3. The van der Waals surface area contributed by atoms with Crippen molar-refractivity contribution in [3.8, 4) is 0 Å². The summed E-state index contributed by atoms with van der Waals surface area (Å²) in [7, 11) is 1.70. The SMILES string of the molecule is Cn1ccc(C(=O)NC2CCC(=O)NC2=O)n1. The van der Waals surface area contributed by atoms with Crippen LogP contribution in [0.15, 0.2) is 12.3 Å². The first kappa shape index (κ1) is 11.3. The second-order valence-corrected chi connectivity index (χ2v) is 3.85. The molecule has 0 aliphatic carbocycles. The highest BCUT2D eigenvalue weighted by molar-refractivity contribution is 6.03. The summed E-state index contributed by atoms with van der Waals surface area (Å²) in [5.74, 6) is -1.19. The van der Waals surface area contributed by atoms with Crippen LogP contribution in [0.25, 0.3) is 0 Å². The molecular formula is C10H12N4O3. The third-order valence-electron chi connectivity index (χ3n) is 2.49. The highest BCUT2D eigenvalue weighted by atomic mass is 16.2. The molecule has 1 aromatic rings. The van der Waals surface area contributed by atoms with Crippen LogP contribution in [0.4, 0.5) is 0 Å². The number of piperidine rings is 1. The third-order valence-corrected chi connectivity index (χ3v) is 2.49. The molecule has 1 fully saturated rings. The highest BCUT2D eigenvalue weighted by Gasteiger charge is 2.28. The zero-order chi connectivity index (χ0) is 12.4. The smallest absolute Gasteiger partial charge is 0.272 e. The number of aryl methyl sites for hydroxylation is 1. The van der Waals surface area contributed by atoms with E-state index in [-0.39, 0.29) is 18.0 Å². The van der Waals surface area contributed by atoms with Gasteiger partial charge in [0.1, 0.15) is 11.7 Å². The van der Waals surface area contributed by atoms with Gasteiger partial charge in [0.15, 0.2) is 0 Å². The van der Waals surface area contributed by atoms with Gasteiger partial charge in [0, 0.05) is 19.7 Å². The summed E-state index contributed by atoms with van der Waals surface area (Å²) in [6, 6.07) is 0.892. The molecule has 0 aromatic carbocycles. The van der Waals surface area contributed by atoms with Crippen LogP contribution >= 0.6 is 0 Å². The van der Waals surface area contributed by atoms with Crippen LogP contribution in [-0.2, 0) is 16.6 Å². The average Bonchev–Trinajstić information content (AvgIpc) is 2.69. The lowest BCUT2D eigenvalue weighted by molar-refractivity contribution is -0.134. The molecule has 0 spiro atoms. The van der Waals surface area contributed by atoms with E-state index in [2.05, 4.69) is 15.7 Å². The lowest BCUT2D eigenvalue weighted by Crippen LogP contribution is -2.52. The molecule has 90 valence electrons. The minimum atomic E-state index is -0.665. The molecule has 1 saturated heterocycles. The Kier molecular flexibility index (Phi) is 2.90. The standard InChI is InChI=1S/C10H12N4O3/c1-14-5-4-7(13-14)10(17)11-6-2-3-8(15)12-9(6)16/h4-6H,2-3H2,1H3,(H,11,17)(H,12,15,16). The normalized spacial score (nSPS) is 19.9. The Labute approximate surface area is 97.2 Å². The van der Waals surface area contributed by atoms with Crippen molar-refractivity contribution < 1.29 is 14.4 Å². The number of rotatable bonds is 2. The molecule has 17 heavy (non-hydrogen) atoms. The summed E-state index contributed by atoms with van der Waals surface area (Å²) in [5, 5.41) is 8.64. The molecule has 0 radical (unpaired) electrons. The van der Waals surface area contributed by atoms with Gasteiger partial charge < -0.3 is 5.32 Å². The van der Waals surface area contributed by atoms with E-state index < -0.39 is 17.9 Å². The van der Waals surface area contributed by atoms with Gasteiger partial charge in [0.2, 0.25) is 11.8 Å². The quantitative estimate of drug-likeness (QED) is 0.641. The Hall–Kier alpha value is -2.18. The van der Waals surface area contributed by atoms with E-state index in [1.165, 1.54) is 4.68 Å². The molecule has 1 atom stereocenters. The molecule has 7 heteroatoms. The zero-order valence-corrected chi connectivity index (χ0v) is 9.27. The van der Waals surface area contributed by atoms with E-state index in [4.69, 9.17) is 0 Å². The first-order valence-electron chi connectivity index (χ1n) is 5.20. The highest BCUT2D eigenvalue weighted by Crippen LogP contribution is 2.05. The molecule has 7 nitrogen and oxygen atoms in total. The molecule has 3 amide bonds. The van der Waals surface area contributed by atoms with Gasteiger partial charge in [0.05, 0.1) is 0 Å². The molecule has 2 heterocycles. The summed E-state index contributed by atoms with van der Waals surface area (Å²) in [6.07, 6.45) is 2.20. The van der Waals surface area contributed by atoms with Gasteiger partial charge in [0.25, 0.3) is 5.91 Å². The number of aromatic nitrogens is 2. The summed E-state index contributed by atoms with van der Waals surface area (Å²) in [5.41, 5.74) is 0.247. The molecule has 1 unspecified atom stereocenters. The van der Waals surface area contributed by atoms with Gasteiger partial charge in [-0.25, -0.2) is 0 Å². The van der Waals surface area contributed by atoms with Crippen LogP contribution in [0.3, 0.4) is 0 Å². The Morgan fingerprint density at radius 1 is 1.59 bits per heavy atom. The van der Waals surface area contributed by atoms with Crippen LogP contribution < -0.4 is 10.6 Å². The van der Waals surface area contributed by atoms with E-state index in [1.54, 1.807) is 19.3 Å². The number of carbonyl (C=O) groups is 3. The molecule has 2 N–H and O–H groups in total. The van der Waals surface area contributed by atoms with Crippen LogP contribution in [0.5, 0.6) is 0 Å². The van der Waals surface area contributed by atoms with Crippen molar-refractivity contribution in [3.63, 3.8) is 0 Å². The number of nitrogens with one attached hydrogen (secondary N) is 2. The molecule has 1 aromatic heterocycles. The van der Waals surface area contributed by atoms with Gasteiger partial charge in [-0.2, -0.15) is 5.10 Å². The third kappa shape index (κ3) is 2.49. The molecule has 2 rings (SSSR count). The van der Waals surface area contributed by atoms with E-state index >= 15 is 0 Å². The Morgan fingerprint density at radius 2 is 2.35 bits per heavy atom. The predicted molar refractivity (Wildman–Crippen MR) is 56.8 cm³/mol. The lowest BCUT2D eigenvalue weighted by Gasteiger charge is -2.21. The molecule has 0 saturated carbocycles. The molecule has 1 aliphatic rings. The monoisotopic (exact) mass is 236 g/mol. The van der Waals surface area contributed by atoms with Crippen molar-refractivity contribution in [1.29, 1.82) is 0 Å². The predicted octanol–water partition coefficient (Wildman–Crippen LogP) is -1.04. The molecular weight excluding hydrogens is 224 g/mol. The van der Waals surface area contributed by atoms with E-state index in [0.717, 1.165) is 0 Å². The zero-order valence-electron chi connectivity index (χ0n) is 9.27. The van der Waals surface area contributed by atoms with Gasteiger partial charge >= 0.3 is 0 Å². The summed E-state index contributed by atoms with van der Waals surface area (Å²) in [4.78, 5) is 34.0. The Balaban J connectivity index is 1.99. The summed E-state index contributed by atoms with van der Waals surface area (Å²) in [6.45, 7) is 0. The van der Waals surface area contributed by atoms with Crippen LogP contribution in [-0.4, -0.2) is 33.5 Å². The molecule has 1 aliphatic heterocycles. The maximum Gasteiger partial charge on any atom is 0.272 e. The maximum atomic E-state index is 11.7. The average molecular weight is 236 g/mol. The van der Waals surface area contributed by atoms with Crippen molar-refractivity contribution in [2.24, 2.45) is 7.05 Å². The first-order chi connectivity index (χ1) is 8.06. The van der Waals surface area contributed by atoms with Crippen molar-refractivity contribution in [2.45, 2.75) is 18.9 Å². The fourth-order valence-corrected chi connectivity index (χ4v) is 1.60. The minimum absolute atomic E-state index is 0.235. The number of amides is 3. The van der Waals surface area contributed by atoms with Crippen molar-refractivity contribution >= 4 is 17.7 Å². The number of nitrogens with zero attached hydrogens (tertiary/aromatic N) is 2. The van der Waals surface area contributed by atoms with Crippen molar-refractivity contribution in [3.05, 3.63) is 18.0 Å². The topological polar surface area (TPSA) is 93.1 Å². The number of hydrogen-bond acceptors (Lipinski definition) is 4. The largest absolute Gasteiger partial charge is 0.339 e. The Bertz CT molecular complexity index is 480. The number of hydrogen-bond donors (Lipinski definition) is 2. The maximum absolute atomic E-state index is 11.7. The van der Waals surface area contributed by atoms with E-state index in [1.807, 2.05) is 0 Å². The van der Waals surface area contributed by atoms with E-state index in [9.17, 15) is 14.4 Å². The molecule has 0 bridgehead atoms.